The minimum atomic E-state index is 0. The first-order valence-electron chi connectivity index (χ1n) is 4.97. The standard InChI is InChI=1S/C13H15.2ClH.Hf/c1-3-6-12-10(2)9-11-7-4-5-8-13(11)12;;;/h4-5,7-9H,3,6H2,1-2H3;2*1H;/q-1;;;/p-2. The number of hydrogen-bond acceptors (Lipinski definition) is 0. The summed E-state index contributed by atoms with van der Waals surface area (Å²) in [7, 11) is 0. The van der Waals surface area contributed by atoms with Crippen LogP contribution < -0.4 is 24.8 Å². The van der Waals surface area contributed by atoms with Crippen LogP contribution in [0.25, 0.3) is 10.8 Å². The van der Waals surface area contributed by atoms with Crippen LogP contribution in [-0.4, -0.2) is 0 Å². The summed E-state index contributed by atoms with van der Waals surface area (Å²) >= 11 is 0. The van der Waals surface area contributed by atoms with E-state index in [1.807, 2.05) is 0 Å². The van der Waals surface area contributed by atoms with Crippen molar-refractivity contribution >= 4 is 10.8 Å². The molecule has 0 aliphatic rings. The van der Waals surface area contributed by atoms with Gasteiger partial charge in [0.25, 0.3) is 0 Å². The molecule has 0 N–H and O–H groups in total. The minimum absolute atomic E-state index is 0. The van der Waals surface area contributed by atoms with Gasteiger partial charge in [0, 0.05) is 25.8 Å². The molecule has 0 heterocycles. The second-order valence-electron chi connectivity index (χ2n) is 3.64. The molecule has 0 aliphatic carbocycles. The SMILES string of the molecule is CCCc1c(C)[cH-]c2ccccc12.[Cl-].[Cl-].[Hf]. The Morgan fingerprint density at radius 2 is 1.75 bits per heavy atom. The van der Waals surface area contributed by atoms with E-state index in [9.17, 15) is 0 Å². The number of hydrogen-bond donors (Lipinski definition) is 0. The maximum Gasteiger partial charge on any atom is 0 e. The van der Waals surface area contributed by atoms with E-state index in [1.165, 1.54) is 34.7 Å². The maximum absolute atomic E-state index is 2.29. The molecule has 0 nitrogen and oxygen atoms in total. The Balaban J connectivity index is 0. The van der Waals surface area contributed by atoms with Gasteiger partial charge in [-0.1, -0.05) is 32.8 Å². The number of aryl methyl sites for hydroxylation is 2. The number of halogens is 2. The second-order valence-corrected chi connectivity index (χ2v) is 3.64. The molecule has 0 saturated carbocycles. The van der Waals surface area contributed by atoms with Gasteiger partial charge in [-0.15, -0.1) is 40.6 Å². The summed E-state index contributed by atoms with van der Waals surface area (Å²) in [5.41, 5.74) is 2.99. The molecule has 0 radical (unpaired) electrons. The topological polar surface area (TPSA) is 0 Å². The molecule has 16 heavy (non-hydrogen) atoms. The predicted molar refractivity (Wildman–Crippen MR) is 58.3 cm³/mol. The summed E-state index contributed by atoms with van der Waals surface area (Å²) in [5, 5.41) is 2.84. The van der Waals surface area contributed by atoms with Crippen molar-refractivity contribution in [2.75, 3.05) is 0 Å². The van der Waals surface area contributed by atoms with E-state index >= 15 is 0 Å². The molecule has 0 spiro atoms. The van der Waals surface area contributed by atoms with Gasteiger partial charge in [0.15, 0.2) is 0 Å². The van der Waals surface area contributed by atoms with E-state index in [1.54, 1.807) is 0 Å². The van der Waals surface area contributed by atoms with Gasteiger partial charge < -0.3 is 24.8 Å². The van der Waals surface area contributed by atoms with Crippen LogP contribution >= 0.6 is 0 Å². The van der Waals surface area contributed by atoms with Gasteiger partial charge >= 0.3 is 0 Å². The zero-order valence-corrected chi connectivity index (χ0v) is 14.7. The first-order chi connectivity index (χ1) is 6.33. The van der Waals surface area contributed by atoms with Gasteiger partial charge in [-0.25, -0.2) is 0 Å². The molecule has 3 heteroatoms. The first-order valence-corrected chi connectivity index (χ1v) is 4.97. The molecule has 2 rings (SSSR count). The van der Waals surface area contributed by atoms with E-state index in [0.717, 1.165) is 0 Å². The van der Waals surface area contributed by atoms with Gasteiger partial charge in [-0.2, -0.15) is 5.56 Å². The monoisotopic (exact) mass is 421 g/mol. The molecule has 0 aromatic heterocycles. The van der Waals surface area contributed by atoms with Gasteiger partial charge in [0.05, 0.1) is 0 Å². The summed E-state index contributed by atoms with van der Waals surface area (Å²) in [6.45, 7) is 4.45. The van der Waals surface area contributed by atoms with Crippen LogP contribution in [0.3, 0.4) is 0 Å². The molecule has 0 saturated heterocycles. The predicted octanol–water partition coefficient (Wildman–Crippen LogP) is -2.17. The summed E-state index contributed by atoms with van der Waals surface area (Å²) in [5.74, 6) is 0. The zero-order chi connectivity index (χ0) is 9.26. The van der Waals surface area contributed by atoms with Crippen LogP contribution in [0.15, 0.2) is 30.3 Å². The summed E-state index contributed by atoms with van der Waals surface area (Å²) in [4.78, 5) is 0. The van der Waals surface area contributed by atoms with Crippen molar-refractivity contribution in [2.24, 2.45) is 0 Å². The second kappa shape index (κ2) is 8.38. The van der Waals surface area contributed by atoms with Crippen LogP contribution in [-0.2, 0) is 32.3 Å². The smallest absolute Gasteiger partial charge is 0 e. The van der Waals surface area contributed by atoms with Crippen LogP contribution in [0.2, 0.25) is 0 Å². The molecule has 0 aliphatic heterocycles. The molecule has 0 atom stereocenters. The summed E-state index contributed by atoms with van der Waals surface area (Å²) in [6, 6.07) is 11.0. The number of benzene rings is 1. The Kier molecular flexibility index (Phi) is 9.77. The van der Waals surface area contributed by atoms with E-state index in [0.29, 0.717) is 0 Å². The van der Waals surface area contributed by atoms with Gasteiger partial charge in [-0.05, 0) is 0 Å². The third-order valence-electron chi connectivity index (χ3n) is 2.63. The van der Waals surface area contributed by atoms with Crippen molar-refractivity contribution in [1.29, 1.82) is 0 Å². The zero-order valence-electron chi connectivity index (χ0n) is 9.56. The van der Waals surface area contributed by atoms with Crippen molar-refractivity contribution in [2.45, 2.75) is 26.7 Å². The van der Waals surface area contributed by atoms with Gasteiger partial charge in [-0.3, -0.25) is 0 Å². The van der Waals surface area contributed by atoms with Crippen LogP contribution in [0.5, 0.6) is 0 Å². The molecular weight excluding hydrogens is 406 g/mol. The van der Waals surface area contributed by atoms with Gasteiger partial charge in [0.2, 0.25) is 0 Å². The molecule has 2 aromatic rings. The molecule has 0 unspecified atom stereocenters. The van der Waals surface area contributed by atoms with Crippen LogP contribution in [0.4, 0.5) is 0 Å². The number of fused-ring (bicyclic) bond motifs is 1. The fourth-order valence-corrected chi connectivity index (χ4v) is 2.01. The Labute approximate surface area is 129 Å². The maximum atomic E-state index is 2.29. The fourth-order valence-electron chi connectivity index (χ4n) is 2.01. The average Bonchev–Trinajstić information content (AvgIpc) is 2.44. The Bertz CT molecular complexity index is 421. The van der Waals surface area contributed by atoms with Crippen LogP contribution in [0, 0.1) is 6.92 Å². The third-order valence-corrected chi connectivity index (χ3v) is 2.63. The van der Waals surface area contributed by atoms with E-state index in [2.05, 4.69) is 44.2 Å². The largest absolute Gasteiger partial charge is 1.00 e. The molecule has 88 valence electrons. The van der Waals surface area contributed by atoms with Crippen molar-refractivity contribution in [3.63, 3.8) is 0 Å². The molecule has 2 aromatic carbocycles. The van der Waals surface area contributed by atoms with Crippen LogP contribution in [0.1, 0.15) is 24.5 Å². The van der Waals surface area contributed by atoms with E-state index < -0.39 is 0 Å². The number of rotatable bonds is 2. The van der Waals surface area contributed by atoms with Crippen molar-refractivity contribution in [1.82, 2.24) is 0 Å². The quantitative estimate of drug-likeness (QED) is 0.383. The van der Waals surface area contributed by atoms with Crippen molar-refractivity contribution < 1.29 is 50.7 Å². The summed E-state index contributed by atoms with van der Waals surface area (Å²) in [6.07, 6.45) is 2.44. The molecular formula is C13H15Cl2Hf-3. The average molecular weight is 421 g/mol. The Morgan fingerprint density at radius 1 is 1.12 bits per heavy atom. The Morgan fingerprint density at radius 3 is 2.38 bits per heavy atom. The fraction of sp³-hybridized carbons (Fsp3) is 0.308. The van der Waals surface area contributed by atoms with E-state index in [-0.39, 0.29) is 50.7 Å². The minimum Gasteiger partial charge on any atom is -1.00 e. The molecule has 0 fully saturated rings. The molecule has 0 amide bonds. The Hall–Kier alpha value is 0.280. The van der Waals surface area contributed by atoms with E-state index in [4.69, 9.17) is 0 Å². The normalized spacial score (nSPS) is 8.88. The van der Waals surface area contributed by atoms with Crippen molar-refractivity contribution in [3.8, 4) is 0 Å². The first kappa shape index (κ1) is 18.6. The molecule has 0 bridgehead atoms. The van der Waals surface area contributed by atoms with Crippen molar-refractivity contribution in [3.05, 3.63) is 41.5 Å². The van der Waals surface area contributed by atoms with Gasteiger partial charge in [0.1, 0.15) is 0 Å². The summed E-state index contributed by atoms with van der Waals surface area (Å²) < 4.78 is 0. The third kappa shape index (κ3) is 3.65.